The number of hydrogen-bond donors (Lipinski definition) is 1. The van der Waals surface area contributed by atoms with Gasteiger partial charge in [0.2, 0.25) is 0 Å². The lowest BCUT2D eigenvalue weighted by Crippen LogP contribution is -2.29. The molecule has 1 N–H and O–H groups in total. The first-order valence-corrected chi connectivity index (χ1v) is 7.48. The van der Waals surface area contributed by atoms with Crippen molar-refractivity contribution in [3.05, 3.63) is 11.9 Å². The first-order chi connectivity index (χ1) is 8.25. The third-order valence-corrected chi connectivity index (χ3v) is 4.80. The summed E-state index contributed by atoms with van der Waals surface area (Å²) in [5, 5.41) is 3.29. The summed E-state index contributed by atoms with van der Waals surface area (Å²) in [7, 11) is 2.15. The molecular weight excluding hydrogens is 327 g/mol. The molecule has 1 fully saturated rings. The third kappa shape index (κ3) is 2.09. The molecule has 2 aliphatic rings. The van der Waals surface area contributed by atoms with Crippen molar-refractivity contribution in [3.8, 4) is 0 Å². The molecule has 0 bridgehead atoms. The van der Waals surface area contributed by atoms with E-state index in [0.717, 1.165) is 23.9 Å². The SMILES string of the molecule is CN(c1cnc2c(n1)C(I)CN2)C1CCCC1. The van der Waals surface area contributed by atoms with Crippen LogP contribution in [0.2, 0.25) is 0 Å². The quantitative estimate of drug-likeness (QED) is 0.662. The number of hydrogen-bond acceptors (Lipinski definition) is 4. The Hall–Kier alpha value is -0.590. The summed E-state index contributed by atoms with van der Waals surface area (Å²) >= 11 is 2.43. The zero-order valence-corrected chi connectivity index (χ0v) is 12.1. The van der Waals surface area contributed by atoms with Crippen molar-refractivity contribution in [2.75, 3.05) is 23.8 Å². The molecule has 1 aromatic heterocycles. The van der Waals surface area contributed by atoms with Crippen LogP contribution in [0.15, 0.2) is 6.20 Å². The van der Waals surface area contributed by atoms with Crippen molar-refractivity contribution >= 4 is 34.2 Å². The van der Waals surface area contributed by atoms with Crippen molar-refractivity contribution in [3.63, 3.8) is 0 Å². The van der Waals surface area contributed by atoms with Gasteiger partial charge in [0.1, 0.15) is 11.6 Å². The van der Waals surface area contributed by atoms with E-state index >= 15 is 0 Å². The maximum absolute atomic E-state index is 4.77. The maximum Gasteiger partial charge on any atom is 0.149 e. The fraction of sp³-hybridized carbons (Fsp3) is 0.667. The molecule has 92 valence electrons. The van der Waals surface area contributed by atoms with Crippen LogP contribution in [0.3, 0.4) is 0 Å². The van der Waals surface area contributed by atoms with Gasteiger partial charge in [0.15, 0.2) is 0 Å². The topological polar surface area (TPSA) is 41.1 Å². The third-order valence-electron chi connectivity index (χ3n) is 3.77. The number of nitrogens with zero attached hydrogens (tertiary/aromatic N) is 3. The van der Waals surface area contributed by atoms with Gasteiger partial charge in [0.25, 0.3) is 0 Å². The van der Waals surface area contributed by atoms with Crippen LogP contribution in [0, 0.1) is 0 Å². The highest BCUT2D eigenvalue weighted by atomic mass is 127. The van der Waals surface area contributed by atoms with Crippen LogP contribution in [-0.4, -0.2) is 29.6 Å². The van der Waals surface area contributed by atoms with E-state index in [-0.39, 0.29) is 0 Å². The Morgan fingerprint density at radius 2 is 2.18 bits per heavy atom. The van der Waals surface area contributed by atoms with Gasteiger partial charge in [-0.3, -0.25) is 0 Å². The van der Waals surface area contributed by atoms with Gasteiger partial charge in [-0.05, 0) is 12.8 Å². The van der Waals surface area contributed by atoms with E-state index in [1.807, 2.05) is 6.20 Å². The Morgan fingerprint density at radius 3 is 2.94 bits per heavy atom. The van der Waals surface area contributed by atoms with E-state index in [9.17, 15) is 0 Å². The molecule has 1 aromatic rings. The Morgan fingerprint density at radius 1 is 1.41 bits per heavy atom. The van der Waals surface area contributed by atoms with Crippen LogP contribution >= 0.6 is 22.6 Å². The van der Waals surface area contributed by atoms with Gasteiger partial charge < -0.3 is 10.2 Å². The van der Waals surface area contributed by atoms with Crippen LogP contribution in [-0.2, 0) is 0 Å². The lowest BCUT2D eigenvalue weighted by atomic mass is 10.2. The molecule has 0 radical (unpaired) electrons. The summed E-state index contributed by atoms with van der Waals surface area (Å²) in [5.41, 5.74) is 1.12. The minimum absolute atomic E-state index is 0.451. The molecule has 4 nitrogen and oxygen atoms in total. The standard InChI is InChI=1S/C12H17IN4/c1-17(8-4-2-3-5-8)10-7-15-12-11(16-10)9(13)6-14-12/h7-9H,2-6H2,1H3,(H,14,15). The molecule has 1 atom stereocenters. The van der Waals surface area contributed by atoms with E-state index in [1.165, 1.54) is 25.7 Å². The summed E-state index contributed by atoms with van der Waals surface area (Å²) in [6.45, 7) is 0.951. The molecule has 0 spiro atoms. The van der Waals surface area contributed by atoms with Crippen LogP contribution < -0.4 is 10.2 Å². The van der Waals surface area contributed by atoms with Crippen molar-refractivity contribution < 1.29 is 0 Å². The fourth-order valence-corrected chi connectivity index (χ4v) is 3.33. The summed E-state index contributed by atoms with van der Waals surface area (Å²) in [6.07, 6.45) is 7.19. The van der Waals surface area contributed by atoms with Crippen molar-refractivity contribution in [1.29, 1.82) is 0 Å². The van der Waals surface area contributed by atoms with E-state index in [1.54, 1.807) is 0 Å². The second-order valence-electron chi connectivity index (χ2n) is 4.86. The number of halogens is 1. The molecular formula is C12H17IN4. The molecule has 1 unspecified atom stereocenters. The van der Waals surface area contributed by atoms with Gasteiger partial charge in [-0.25, -0.2) is 9.97 Å². The highest BCUT2D eigenvalue weighted by Crippen LogP contribution is 2.34. The summed E-state index contributed by atoms with van der Waals surface area (Å²) in [5.74, 6) is 1.99. The second-order valence-corrected chi connectivity index (χ2v) is 6.36. The molecule has 2 heterocycles. The smallest absolute Gasteiger partial charge is 0.149 e. The molecule has 17 heavy (non-hydrogen) atoms. The molecule has 1 aliphatic carbocycles. The number of nitrogens with one attached hydrogen (secondary N) is 1. The molecule has 0 saturated heterocycles. The van der Waals surface area contributed by atoms with Gasteiger partial charge in [0.05, 0.1) is 15.8 Å². The monoisotopic (exact) mass is 344 g/mol. The highest BCUT2D eigenvalue weighted by Gasteiger charge is 2.26. The molecule has 5 heteroatoms. The minimum atomic E-state index is 0.451. The molecule has 0 aromatic carbocycles. The predicted molar refractivity (Wildman–Crippen MR) is 77.9 cm³/mol. The molecule has 3 rings (SSSR count). The highest BCUT2D eigenvalue weighted by molar-refractivity contribution is 14.1. The Kier molecular flexibility index (Phi) is 3.10. The maximum atomic E-state index is 4.77. The summed E-state index contributed by atoms with van der Waals surface area (Å²) < 4.78 is 0.451. The Bertz CT molecular complexity index is 417. The number of alkyl halides is 1. The molecule has 1 aliphatic heterocycles. The van der Waals surface area contributed by atoms with Crippen molar-refractivity contribution in [2.45, 2.75) is 35.6 Å². The minimum Gasteiger partial charge on any atom is -0.367 e. The summed E-state index contributed by atoms with van der Waals surface area (Å²) in [6, 6.07) is 0.657. The first-order valence-electron chi connectivity index (χ1n) is 6.23. The zero-order chi connectivity index (χ0) is 11.8. The molecule has 0 amide bonds. The predicted octanol–water partition coefficient (Wildman–Crippen LogP) is 2.76. The van der Waals surface area contributed by atoms with Gasteiger partial charge in [-0.1, -0.05) is 35.4 Å². The van der Waals surface area contributed by atoms with E-state index in [4.69, 9.17) is 4.98 Å². The van der Waals surface area contributed by atoms with Crippen LogP contribution in [0.1, 0.15) is 35.3 Å². The van der Waals surface area contributed by atoms with Gasteiger partial charge >= 0.3 is 0 Å². The van der Waals surface area contributed by atoms with Crippen molar-refractivity contribution in [2.24, 2.45) is 0 Å². The number of rotatable bonds is 2. The average Bonchev–Trinajstić information content (AvgIpc) is 2.98. The van der Waals surface area contributed by atoms with Crippen LogP contribution in [0.4, 0.5) is 11.6 Å². The fourth-order valence-electron chi connectivity index (χ4n) is 2.68. The van der Waals surface area contributed by atoms with Crippen molar-refractivity contribution in [1.82, 2.24) is 9.97 Å². The van der Waals surface area contributed by atoms with Gasteiger partial charge in [-0.2, -0.15) is 0 Å². The lowest BCUT2D eigenvalue weighted by molar-refractivity contribution is 0.644. The van der Waals surface area contributed by atoms with Crippen LogP contribution in [0.5, 0.6) is 0 Å². The summed E-state index contributed by atoms with van der Waals surface area (Å²) in [4.78, 5) is 11.6. The number of anilines is 2. The molecule has 1 saturated carbocycles. The van der Waals surface area contributed by atoms with E-state index < -0.39 is 0 Å². The van der Waals surface area contributed by atoms with E-state index in [0.29, 0.717) is 9.97 Å². The Labute approximate surface area is 115 Å². The number of aromatic nitrogens is 2. The lowest BCUT2D eigenvalue weighted by Gasteiger charge is -2.25. The Balaban J connectivity index is 1.86. The average molecular weight is 344 g/mol. The van der Waals surface area contributed by atoms with Gasteiger partial charge in [-0.15, -0.1) is 0 Å². The normalized spacial score (nSPS) is 23.5. The second kappa shape index (κ2) is 4.59. The van der Waals surface area contributed by atoms with Gasteiger partial charge in [0, 0.05) is 19.6 Å². The van der Waals surface area contributed by atoms with E-state index in [2.05, 4.69) is 44.8 Å². The number of fused-ring (bicyclic) bond motifs is 1. The first kappa shape index (κ1) is 11.5. The van der Waals surface area contributed by atoms with Crippen LogP contribution in [0.25, 0.3) is 0 Å². The zero-order valence-electron chi connectivity index (χ0n) is 9.99. The largest absolute Gasteiger partial charge is 0.367 e.